The van der Waals surface area contributed by atoms with E-state index in [1.165, 1.54) is 11.3 Å². The van der Waals surface area contributed by atoms with Crippen LogP contribution in [0.3, 0.4) is 0 Å². The molecular formula is C27H37N7O3. The van der Waals surface area contributed by atoms with Crippen LogP contribution in [-0.4, -0.2) is 68.5 Å². The van der Waals surface area contributed by atoms with Gasteiger partial charge in [0.2, 0.25) is 0 Å². The van der Waals surface area contributed by atoms with Crippen molar-refractivity contribution in [1.29, 1.82) is 0 Å². The first-order chi connectivity index (χ1) is 17.7. The number of hydrogen-bond acceptors (Lipinski definition) is 6. The molecule has 1 aromatic heterocycles. The van der Waals surface area contributed by atoms with Crippen LogP contribution in [0.25, 0.3) is 10.9 Å². The van der Waals surface area contributed by atoms with Crippen molar-refractivity contribution in [2.45, 2.75) is 82.6 Å². The Hall–Kier alpha value is -3.27. The van der Waals surface area contributed by atoms with E-state index in [9.17, 15) is 9.59 Å². The number of benzene rings is 1. The number of fused-ring (bicyclic) bond motifs is 3. The third-order valence-corrected chi connectivity index (χ3v) is 8.22. The van der Waals surface area contributed by atoms with Crippen molar-refractivity contribution in [3.63, 3.8) is 0 Å². The van der Waals surface area contributed by atoms with E-state index in [0.717, 1.165) is 48.6 Å². The number of hydrogen-bond donors (Lipinski definition) is 3. The maximum Gasteiger partial charge on any atom is 0.410 e. The van der Waals surface area contributed by atoms with Gasteiger partial charge in [0.1, 0.15) is 5.60 Å². The molecule has 0 spiro atoms. The number of carbonyl (C=O) groups excluding carboxylic acids is 2. The zero-order valence-corrected chi connectivity index (χ0v) is 22.1. The first kappa shape index (κ1) is 24.1. The van der Waals surface area contributed by atoms with Crippen molar-refractivity contribution in [1.82, 2.24) is 35.7 Å². The van der Waals surface area contributed by atoms with E-state index in [4.69, 9.17) is 4.74 Å². The average Bonchev–Trinajstić information content (AvgIpc) is 3.53. The van der Waals surface area contributed by atoms with Gasteiger partial charge in [-0.3, -0.25) is 4.68 Å². The number of urea groups is 1. The first-order valence-electron chi connectivity index (χ1n) is 13.4. The number of hydrazine groups is 1. The fourth-order valence-electron chi connectivity index (χ4n) is 6.43. The van der Waals surface area contributed by atoms with E-state index in [1.807, 2.05) is 48.5 Å². The molecule has 37 heavy (non-hydrogen) atoms. The lowest BCUT2D eigenvalue weighted by atomic mass is 9.94. The quantitative estimate of drug-likeness (QED) is 0.576. The molecule has 10 heteroatoms. The molecule has 10 nitrogen and oxygen atoms in total. The van der Waals surface area contributed by atoms with Crippen LogP contribution in [0.2, 0.25) is 0 Å². The number of nitrogens with zero attached hydrogens (tertiary/aromatic N) is 4. The van der Waals surface area contributed by atoms with Gasteiger partial charge >= 0.3 is 12.1 Å². The van der Waals surface area contributed by atoms with E-state index in [-0.39, 0.29) is 36.3 Å². The molecule has 0 saturated carbocycles. The number of amides is 3. The van der Waals surface area contributed by atoms with Crippen LogP contribution >= 0.6 is 0 Å². The lowest BCUT2D eigenvalue weighted by Gasteiger charge is -2.41. The summed E-state index contributed by atoms with van der Waals surface area (Å²) in [5.74, 6) is 0. The Morgan fingerprint density at radius 2 is 1.97 bits per heavy atom. The highest BCUT2D eigenvalue weighted by Gasteiger charge is 2.47. The average molecular weight is 508 g/mol. The molecule has 4 atom stereocenters. The van der Waals surface area contributed by atoms with Gasteiger partial charge in [0.05, 0.1) is 29.8 Å². The summed E-state index contributed by atoms with van der Waals surface area (Å²) in [6.07, 6.45) is 6.05. The van der Waals surface area contributed by atoms with Gasteiger partial charge < -0.3 is 25.3 Å². The zero-order chi connectivity index (χ0) is 25.9. The maximum atomic E-state index is 13.5. The van der Waals surface area contributed by atoms with Crippen LogP contribution < -0.4 is 16.2 Å². The van der Waals surface area contributed by atoms with Crippen LogP contribution in [-0.2, 0) is 11.8 Å². The smallest absolute Gasteiger partial charge is 0.410 e. The summed E-state index contributed by atoms with van der Waals surface area (Å²) >= 11 is 0. The fourth-order valence-corrected chi connectivity index (χ4v) is 6.43. The molecule has 2 saturated heterocycles. The van der Waals surface area contributed by atoms with Crippen LogP contribution in [0.1, 0.15) is 64.5 Å². The Bertz CT molecular complexity index is 1260. The van der Waals surface area contributed by atoms with Gasteiger partial charge in [-0.15, -0.1) is 0 Å². The number of carbonyl (C=O) groups is 2. The molecule has 2 fully saturated rings. The molecule has 3 N–H and O–H groups in total. The van der Waals surface area contributed by atoms with Gasteiger partial charge in [0, 0.05) is 43.7 Å². The van der Waals surface area contributed by atoms with Gasteiger partial charge in [-0.05, 0) is 69.7 Å². The van der Waals surface area contributed by atoms with Crippen molar-refractivity contribution >= 4 is 23.0 Å². The van der Waals surface area contributed by atoms with Crippen LogP contribution in [0.5, 0.6) is 0 Å². The summed E-state index contributed by atoms with van der Waals surface area (Å²) in [6.45, 7) is 6.90. The van der Waals surface area contributed by atoms with Gasteiger partial charge in [-0.2, -0.15) is 5.10 Å². The van der Waals surface area contributed by atoms with Crippen LogP contribution in [0.15, 0.2) is 35.7 Å². The van der Waals surface area contributed by atoms with Crippen molar-refractivity contribution in [2.24, 2.45) is 7.05 Å². The van der Waals surface area contributed by atoms with Gasteiger partial charge in [0.25, 0.3) is 0 Å². The summed E-state index contributed by atoms with van der Waals surface area (Å²) in [7, 11) is 1.94. The summed E-state index contributed by atoms with van der Waals surface area (Å²) in [6, 6.07) is 6.48. The second kappa shape index (κ2) is 8.93. The molecular weight excluding hydrogens is 470 g/mol. The Balaban J connectivity index is 1.14. The maximum absolute atomic E-state index is 13.5. The first-order valence-corrected chi connectivity index (χ1v) is 13.4. The Kier molecular flexibility index (Phi) is 5.82. The van der Waals surface area contributed by atoms with E-state index >= 15 is 0 Å². The van der Waals surface area contributed by atoms with Crippen molar-refractivity contribution < 1.29 is 14.3 Å². The van der Waals surface area contributed by atoms with Crippen molar-refractivity contribution in [2.75, 3.05) is 13.1 Å². The molecule has 4 aliphatic heterocycles. The minimum atomic E-state index is -0.534. The highest BCUT2D eigenvalue weighted by molar-refractivity contribution is 5.80. The normalized spacial score (nSPS) is 27.4. The van der Waals surface area contributed by atoms with Crippen LogP contribution in [0.4, 0.5) is 9.59 Å². The second-order valence-electron chi connectivity index (χ2n) is 11.8. The molecule has 198 valence electrons. The predicted octanol–water partition coefficient (Wildman–Crippen LogP) is 3.32. The highest BCUT2D eigenvalue weighted by atomic mass is 16.6. The van der Waals surface area contributed by atoms with E-state index < -0.39 is 5.60 Å². The monoisotopic (exact) mass is 507 g/mol. The Labute approximate surface area is 217 Å². The largest absolute Gasteiger partial charge is 0.444 e. The molecule has 0 radical (unpaired) electrons. The summed E-state index contributed by atoms with van der Waals surface area (Å²) in [5.41, 5.74) is 10.9. The lowest BCUT2D eigenvalue weighted by Crippen LogP contribution is -2.59. The number of piperidine rings is 1. The van der Waals surface area contributed by atoms with Crippen molar-refractivity contribution in [3.8, 4) is 0 Å². The highest BCUT2D eigenvalue weighted by Crippen LogP contribution is 2.38. The summed E-state index contributed by atoms with van der Waals surface area (Å²) < 4.78 is 7.57. The van der Waals surface area contributed by atoms with Gasteiger partial charge in [0.15, 0.2) is 0 Å². The van der Waals surface area contributed by atoms with E-state index in [2.05, 4.69) is 39.5 Å². The minimum Gasteiger partial charge on any atom is -0.444 e. The molecule has 3 amide bonds. The number of rotatable bonds is 2. The Morgan fingerprint density at radius 3 is 2.78 bits per heavy atom. The zero-order valence-electron chi connectivity index (χ0n) is 22.1. The standard InChI is InChI=1S/C27H37N7O3/c1-27(2,3)37-26(36)34-18-6-8-21(23(34)10-7-18)29-25(35)33-12-11-20-19(15-33)24(31-30-20)16-5-9-22-17(13-16)14-28-32(22)4/h5,9,13-14,18,21,23-24,30-31H,6-8,10-12,15H2,1-4H3,(H,29,35)/t18-,21?,23-,24?/m0/s1. The minimum absolute atomic E-state index is 0.00290. The van der Waals surface area contributed by atoms with Crippen molar-refractivity contribution in [3.05, 3.63) is 41.2 Å². The number of aryl methyl sites for hydroxylation is 1. The van der Waals surface area contributed by atoms with Crippen LogP contribution in [0, 0.1) is 0 Å². The topological polar surface area (TPSA) is 104 Å². The molecule has 2 bridgehead atoms. The molecule has 2 unspecified atom stereocenters. The number of ether oxygens (including phenoxy) is 1. The fraction of sp³-hybridized carbons (Fsp3) is 0.593. The predicted molar refractivity (Wildman–Crippen MR) is 139 cm³/mol. The van der Waals surface area contributed by atoms with E-state index in [1.54, 1.807) is 0 Å². The summed E-state index contributed by atoms with van der Waals surface area (Å²) in [4.78, 5) is 30.2. The third-order valence-electron chi connectivity index (χ3n) is 8.22. The molecule has 4 aliphatic rings. The molecule has 6 rings (SSSR count). The molecule has 1 aromatic carbocycles. The molecule has 2 aromatic rings. The second-order valence-corrected chi connectivity index (χ2v) is 11.8. The molecule has 0 aliphatic carbocycles. The molecule has 5 heterocycles. The van der Waals surface area contributed by atoms with E-state index in [0.29, 0.717) is 13.1 Å². The Morgan fingerprint density at radius 1 is 1.16 bits per heavy atom. The number of nitrogens with one attached hydrogen (secondary N) is 3. The van der Waals surface area contributed by atoms with Gasteiger partial charge in [-0.25, -0.2) is 15.0 Å². The lowest BCUT2D eigenvalue weighted by molar-refractivity contribution is 0.00308. The summed E-state index contributed by atoms with van der Waals surface area (Å²) in [5, 5.41) is 8.75. The number of aromatic nitrogens is 2. The van der Waals surface area contributed by atoms with Gasteiger partial charge in [-0.1, -0.05) is 6.07 Å². The SMILES string of the molecule is Cn1ncc2cc(C3NNC4=C3CN(C(=O)NC3CC[C@H]5CC[C@@H]3N5C(=O)OC(C)(C)C)CC4)ccc21. The third kappa shape index (κ3) is 4.41.